The molecule has 4 nitrogen and oxygen atoms in total. The van der Waals surface area contributed by atoms with E-state index in [1.54, 1.807) is 10.8 Å². The second-order valence-electron chi connectivity index (χ2n) is 3.51. The summed E-state index contributed by atoms with van der Waals surface area (Å²) in [6.07, 6.45) is 1.55. The smallest absolute Gasteiger partial charge is 0.249 e. The molecule has 0 spiro atoms. The molecule has 0 atom stereocenters. The van der Waals surface area contributed by atoms with Gasteiger partial charge < -0.3 is 5.32 Å². The molecule has 0 radical (unpaired) electrons. The molecule has 1 aromatic rings. The summed E-state index contributed by atoms with van der Waals surface area (Å²) < 4.78 is 1.72. The van der Waals surface area contributed by atoms with Crippen LogP contribution in [-0.2, 0) is 11.8 Å². The molecule has 1 N–H and O–H groups in total. The zero-order valence-corrected chi connectivity index (χ0v) is 8.96. The van der Waals surface area contributed by atoms with Crippen LogP contribution in [-0.4, -0.2) is 15.7 Å². The molecule has 0 fully saturated rings. The van der Waals surface area contributed by atoms with Crippen molar-refractivity contribution in [1.29, 1.82) is 0 Å². The Bertz CT molecular complexity index is 353. The standard InChI is InChI=1S/C10H15N3O/c1-7(2)5-10(14)11-9-6-8(3)13(4)12-9/h5-6H,1-4H3,(H,11,12,14). The minimum absolute atomic E-state index is 0.136. The van der Waals surface area contributed by atoms with Crippen molar-refractivity contribution in [3.63, 3.8) is 0 Å². The van der Waals surface area contributed by atoms with Crippen LogP contribution in [0.3, 0.4) is 0 Å². The summed E-state index contributed by atoms with van der Waals surface area (Å²) >= 11 is 0. The molecule has 0 aliphatic carbocycles. The fourth-order valence-corrected chi connectivity index (χ4v) is 1.05. The number of allylic oxidation sites excluding steroid dienone is 1. The number of carbonyl (C=O) groups excluding carboxylic acids is 1. The number of hydrogen-bond donors (Lipinski definition) is 1. The average Bonchev–Trinajstić information content (AvgIpc) is 2.28. The van der Waals surface area contributed by atoms with Crippen LogP contribution in [0.25, 0.3) is 0 Å². The van der Waals surface area contributed by atoms with Gasteiger partial charge in [0.15, 0.2) is 5.82 Å². The Labute approximate surface area is 83.6 Å². The molecule has 0 aromatic carbocycles. The van der Waals surface area contributed by atoms with Gasteiger partial charge in [0, 0.05) is 24.9 Å². The summed E-state index contributed by atoms with van der Waals surface area (Å²) in [6.45, 7) is 5.69. The minimum Gasteiger partial charge on any atom is -0.306 e. The molecule has 1 heterocycles. The normalized spacial score (nSPS) is 9.71. The minimum atomic E-state index is -0.136. The number of carbonyl (C=O) groups is 1. The molecule has 0 unspecified atom stereocenters. The highest BCUT2D eigenvalue weighted by molar-refractivity contribution is 5.99. The number of rotatable bonds is 2. The van der Waals surface area contributed by atoms with Crippen LogP contribution in [0.4, 0.5) is 5.82 Å². The molecular weight excluding hydrogens is 178 g/mol. The van der Waals surface area contributed by atoms with Crippen LogP contribution in [0.5, 0.6) is 0 Å². The number of anilines is 1. The molecule has 4 heteroatoms. The van der Waals surface area contributed by atoms with Gasteiger partial charge in [-0.15, -0.1) is 0 Å². The summed E-state index contributed by atoms with van der Waals surface area (Å²) in [5.74, 6) is 0.454. The maximum atomic E-state index is 11.3. The first-order valence-corrected chi connectivity index (χ1v) is 4.45. The lowest BCUT2D eigenvalue weighted by atomic mass is 10.3. The summed E-state index contributed by atoms with van der Waals surface area (Å²) in [5, 5.41) is 6.80. The number of aryl methyl sites for hydroxylation is 2. The third kappa shape index (κ3) is 2.73. The van der Waals surface area contributed by atoms with Crippen molar-refractivity contribution in [2.24, 2.45) is 7.05 Å². The Morgan fingerprint density at radius 2 is 2.21 bits per heavy atom. The van der Waals surface area contributed by atoms with Gasteiger partial charge in [0.2, 0.25) is 5.91 Å². The third-order valence-electron chi connectivity index (χ3n) is 1.78. The number of aromatic nitrogens is 2. The predicted molar refractivity (Wildman–Crippen MR) is 56.0 cm³/mol. The van der Waals surface area contributed by atoms with Crippen molar-refractivity contribution < 1.29 is 4.79 Å². The van der Waals surface area contributed by atoms with Crippen molar-refractivity contribution in [3.8, 4) is 0 Å². The summed E-state index contributed by atoms with van der Waals surface area (Å²) in [5.41, 5.74) is 1.98. The van der Waals surface area contributed by atoms with Crippen LogP contribution in [0.1, 0.15) is 19.5 Å². The van der Waals surface area contributed by atoms with E-state index < -0.39 is 0 Å². The van der Waals surface area contributed by atoms with Crippen LogP contribution in [0.2, 0.25) is 0 Å². The van der Waals surface area contributed by atoms with E-state index in [2.05, 4.69) is 10.4 Å². The quantitative estimate of drug-likeness (QED) is 0.726. The molecule has 0 bridgehead atoms. The largest absolute Gasteiger partial charge is 0.306 e. The molecule has 76 valence electrons. The SMILES string of the molecule is CC(C)=CC(=O)Nc1cc(C)n(C)n1. The zero-order chi connectivity index (χ0) is 10.7. The highest BCUT2D eigenvalue weighted by atomic mass is 16.1. The predicted octanol–water partition coefficient (Wildman–Crippen LogP) is 1.63. The lowest BCUT2D eigenvalue weighted by Gasteiger charge is -1.96. The van der Waals surface area contributed by atoms with Gasteiger partial charge in [-0.05, 0) is 20.8 Å². The van der Waals surface area contributed by atoms with Gasteiger partial charge in [0.1, 0.15) is 0 Å². The summed E-state index contributed by atoms with van der Waals surface area (Å²) in [4.78, 5) is 11.3. The Morgan fingerprint density at radius 3 is 2.64 bits per heavy atom. The van der Waals surface area contributed by atoms with Crippen LogP contribution in [0.15, 0.2) is 17.7 Å². The van der Waals surface area contributed by atoms with Gasteiger partial charge in [0.05, 0.1) is 0 Å². The van der Waals surface area contributed by atoms with E-state index in [0.29, 0.717) is 5.82 Å². The second-order valence-corrected chi connectivity index (χ2v) is 3.51. The van der Waals surface area contributed by atoms with Gasteiger partial charge in [0.25, 0.3) is 0 Å². The molecule has 1 rings (SSSR count). The maximum Gasteiger partial charge on any atom is 0.249 e. The lowest BCUT2D eigenvalue weighted by molar-refractivity contribution is -0.112. The van der Waals surface area contributed by atoms with Crippen LogP contribution < -0.4 is 5.32 Å². The molecule has 0 aliphatic heterocycles. The monoisotopic (exact) mass is 193 g/mol. The fraction of sp³-hybridized carbons (Fsp3) is 0.400. The van der Waals surface area contributed by atoms with Gasteiger partial charge in [-0.3, -0.25) is 9.48 Å². The summed E-state index contributed by atoms with van der Waals surface area (Å²) in [6, 6.07) is 1.83. The highest BCUT2D eigenvalue weighted by Gasteiger charge is 2.03. The lowest BCUT2D eigenvalue weighted by Crippen LogP contribution is -2.09. The number of amides is 1. The van der Waals surface area contributed by atoms with Gasteiger partial charge in [-0.25, -0.2) is 0 Å². The Morgan fingerprint density at radius 1 is 1.57 bits per heavy atom. The first-order valence-electron chi connectivity index (χ1n) is 4.45. The molecule has 0 saturated carbocycles. The Kier molecular flexibility index (Phi) is 3.06. The molecule has 1 amide bonds. The van der Waals surface area contributed by atoms with E-state index in [1.165, 1.54) is 0 Å². The van der Waals surface area contributed by atoms with Crippen LogP contribution in [0, 0.1) is 6.92 Å². The highest BCUT2D eigenvalue weighted by Crippen LogP contribution is 2.06. The average molecular weight is 193 g/mol. The van der Waals surface area contributed by atoms with E-state index in [0.717, 1.165) is 11.3 Å². The van der Waals surface area contributed by atoms with Crippen molar-refractivity contribution >= 4 is 11.7 Å². The number of nitrogens with one attached hydrogen (secondary N) is 1. The molecule has 1 aromatic heterocycles. The van der Waals surface area contributed by atoms with E-state index in [4.69, 9.17) is 0 Å². The van der Waals surface area contributed by atoms with E-state index in [1.807, 2.05) is 33.9 Å². The molecule has 0 aliphatic rings. The van der Waals surface area contributed by atoms with Crippen molar-refractivity contribution in [1.82, 2.24) is 9.78 Å². The first kappa shape index (κ1) is 10.5. The van der Waals surface area contributed by atoms with E-state index in [9.17, 15) is 4.79 Å². The zero-order valence-electron chi connectivity index (χ0n) is 8.96. The topological polar surface area (TPSA) is 46.9 Å². The Hall–Kier alpha value is -1.58. The van der Waals surface area contributed by atoms with Gasteiger partial charge >= 0.3 is 0 Å². The van der Waals surface area contributed by atoms with E-state index >= 15 is 0 Å². The Balaban J connectivity index is 2.70. The third-order valence-corrected chi connectivity index (χ3v) is 1.78. The van der Waals surface area contributed by atoms with Crippen LogP contribution >= 0.6 is 0 Å². The molecular formula is C10H15N3O. The van der Waals surface area contributed by atoms with Gasteiger partial charge in [-0.2, -0.15) is 5.10 Å². The second kappa shape index (κ2) is 4.09. The summed E-state index contributed by atoms with van der Waals surface area (Å²) in [7, 11) is 1.84. The van der Waals surface area contributed by atoms with Gasteiger partial charge in [-0.1, -0.05) is 5.57 Å². The first-order chi connectivity index (χ1) is 6.49. The van der Waals surface area contributed by atoms with Crippen molar-refractivity contribution in [2.45, 2.75) is 20.8 Å². The van der Waals surface area contributed by atoms with Crippen molar-refractivity contribution in [3.05, 3.63) is 23.4 Å². The fourth-order valence-electron chi connectivity index (χ4n) is 1.05. The maximum absolute atomic E-state index is 11.3. The van der Waals surface area contributed by atoms with Crippen molar-refractivity contribution in [2.75, 3.05) is 5.32 Å². The van der Waals surface area contributed by atoms with E-state index in [-0.39, 0.29) is 5.91 Å². The molecule has 0 saturated heterocycles. The number of nitrogens with zero attached hydrogens (tertiary/aromatic N) is 2. The molecule has 14 heavy (non-hydrogen) atoms. The number of hydrogen-bond acceptors (Lipinski definition) is 2.